The summed E-state index contributed by atoms with van der Waals surface area (Å²) in [6.07, 6.45) is 0. The van der Waals surface area contributed by atoms with Gasteiger partial charge in [-0.05, 0) is 19.9 Å². The number of rotatable bonds is 2. The quantitative estimate of drug-likeness (QED) is 0.706. The minimum atomic E-state index is -1.08. The van der Waals surface area contributed by atoms with Gasteiger partial charge in [0.25, 0.3) is 0 Å². The Kier molecular flexibility index (Phi) is 2.85. The van der Waals surface area contributed by atoms with Gasteiger partial charge >= 0.3 is 12.0 Å². The number of carbonyl (C=O) groups excluding carboxylic acids is 1. The zero-order chi connectivity index (χ0) is 10.7. The smallest absolute Gasteiger partial charge is 0.342 e. The van der Waals surface area contributed by atoms with E-state index in [0.29, 0.717) is 11.4 Å². The van der Waals surface area contributed by atoms with E-state index in [1.54, 1.807) is 19.9 Å². The fourth-order valence-electron chi connectivity index (χ4n) is 1.06. The average Bonchev–Trinajstić information content (AvgIpc) is 2.41. The van der Waals surface area contributed by atoms with Crippen LogP contribution >= 0.6 is 0 Å². The Morgan fingerprint density at radius 3 is 2.64 bits per heavy atom. The van der Waals surface area contributed by atoms with Gasteiger partial charge in [0.1, 0.15) is 6.54 Å². The lowest BCUT2D eigenvalue weighted by atomic mass is 10.4. The topological polar surface area (TPSA) is 84.2 Å². The molecule has 1 heterocycles. The highest BCUT2D eigenvalue weighted by Crippen LogP contribution is 2.00. The summed E-state index contributed by atoms with van der Waals surface area (Å²) in [7, 11) is 0. The van der Waals surface area contributed by atoms with Crippen molar-refractivity contribution in [3.63, 3.8) is 0 Å². The molecule has 1 aromatic heterocycles. The highest BCUT2D eigenvalue weighted by atomic mass is 16.4. The van der Waals surface area contributed by atoms with E-state index >= 15 is 0 Å². The number of aryl methyl sites for hydroxylation is 2. The summed E-state index contributed by atoms with van der Waals surface area (Å²) in [6.45, 7) is 3.07. The van der Waals surface area contributed by atoms with Crippen LogP contribution in [0.5, 0.6) is 0 Å². The van der Waals surface area contributed by atoms with Crippen molar-refractivity contribution in [3.8, 4) is 0 Å². The molecule has 1 rings (SSSR count). The van der Waals surface area contributed by atoms with E-state index in [-0.39, 0.29) is 0 Å². The van der Waals surface area contributed by atoms with Crippen molar-refractivity contribution in [2.45, 2.75) is 13.8 Å². The van der Waals surface area contributed by atoms with Crippen LogP contribution in [0.15, 0.2) is 6.07 Å². The van der Waals surface area contributed by atoms with Crippen LogP contribution in [0.25, 0.3) is 0 Å². The van der Waals surface area contributed by atoms with Gasteiger partial charge in [0.05, 0.1) is 5.69 Å². The molecule has 2 N–H and O–H groups in total. The fourth-order valence-corrected chi connectivity index (χ4v) is 1.06. The highest BCUT2D eigenvalue weighted by Gasteiger charge is 2.10. The molecule has 0 radical (unpaired) electrons. The lowest BCUT2D eigenvalue weighted by Crippen LogP contribution is -2.34. The normalized spacial score (nSPS) is 9.86. The number of carboxylic acids is 1. The van der Waals surface area contributed by atoms with Crippen molar-refractivity contribution >= 4 is 12.0 Å². The monoisotopic (exact) mass is 197 g/mol. The first-order valence-corrected chi connectivity index (χ1v) is 4.04. The van der Waals surface area contributed by atoms with Crippen LogP contribution in [0.4, 0.5) is 4.79 Å². The number of hydrogen-bond acceptors (Lipinski definition) is 3. The van der Waals surface area contributed by atoms with E-state index in [1.165, 1.54) is 0 Å². The molecule has 76 valence electrons. The third-order valence-electron chi connectivity index (χ3n) is 1.59. The molecule has 0 spiro atoms. The second-order valence-corrected chi connectivity index (χ2v) is 2.89. The molecule has 0 aromatic carbocycles. The Balaban J connectivity index is 2.69. The summed E-state index contributed by atoms with van der Waals surface area (Å²) < 4.78 is 1.14. The van der Waals surface area contributed by atoms with Crippen LogP contribution in [0.3, 0.4) is 0 Å². The molecular weight excluding hydrogens is 186 g/mol. The molecule has 6 nitrogen and oxygen atoms in total. The third kappa shape index (κ3) is 2.32. The van der Waals surface area contributed by atoms with E-state index < -0.39 is 18.5 Å². The first-order chi connectivity index (χ1) is 6.50. The summed E-state index contributed by atoms with van der Waals surface area (Å²) in [5, 5.41) is 14.5. The number of aromatic nitrogens is 2. The summed E-state index contributed by atoms with van der Waals surface area (Å²) in [5.74, 6) is -1.08. The molecule has 14 heavy (non-hydrogen) atoms. The van der Waals surface area contributed by atoms with E-state index in [0.717, 1.165) is 4.68 Å². The largest absolute Gasteiger partial charge is 0.480 e. The molecule has 1 amide bonds. The summed E-state index contributed by atoms with van der Waals surface area (Å²) in [6, 6.07) is 1.21. The SMILES string of the molecule is Cc1cc(C)n(C(=O)NCC(=O)O)n1. The molecule has 0 aliphatic carbocycles. The zero-order valence-corrected chi connectivity index (χ0v) is 7.94. The predicted molar refractivity (Wildman–Crippen MR) is 48.1 cm³/mol. The Morgan fingerprint density at radius 2 is 2.21 bits per heavy atom. The van der Waals surface area contributed by atoms with Gasteiger partial charge in [0, 0.05) is 5.69 Å². The van der Waals surface area contributed by atoms with Gasteiger partial charge in [-0.2, -0.15) is 9.78 Å². The second-order valence-electron chi connectivity index (χ2n) is 2.89. The van der Waals surface area contributed by atoms with Crippen molar-refractivity contribution in [2.75, 3.05) is 6.54 Å². The summed E-state index contributed by atoms with van der Waals surface area (Å²) in [5.41, 5.74) is 1.39. The Labute approximate surface area is 80.5 Å². The van der Waals surface area contributed by atoms with Crippen molar-refractivity contribution in [1.82, 2.24) is 15.1 Å². The molecule has 0 saturated heterocycles. The minimum Gasteiger partial charge on any atom is -0.480 e. The van der Waals surface area contributed by atoms with Crippen LogP contribution in [0.2, 0.25) is 0 Å². The first kappa shape index (κ1) is 10.2. The third-order valence-corrected chi connectivity index (χ3v) is 1.59. The molecule has 0 aliphatic heterocycles. The Hall–Kier alpha value is -1.85. The fraction of sp³-hybridized carbons (Fsp3) is 0.375. The maximum absolute atomic E-state index is 11.3. The van der Waals surface area contributed by atoms with Gasteiger partial charge < -0.3 is 10.4 Å². The first-order valence-electron chi connectivity index (χ1n) is 4.04. The molecule has 0 atom stereocenters. The maximum Gasteiger partial charge on any atom is 0.342 e. The molecule has 0 saturated carbocycles. The highest BCUT2D eigenvalue weighted by molar-refractivity contribution is 5.81. The Bertz CT molecular complexity index is 370. The second kappa shape index (κ2) is 3.91. The van der Waals surface area contributed by atoms with Crippen molar-refractivity contribution in [1.29, 1.82) is 0 Å². The lowest BCUT2D eigenvalue weighted by Gasteiger charge is -2.02. The van der Waals surface area contributed by atoms with Gasteiger partial charge in [-0.15, -0.1) is 0 Å². The summed E-state index contributed by atoms with van der Waals surface area (Å²) in [4.78, 5) is 21.5. The van der Waals surface area contributed by atoms with E-state index in [9.17, 15) is 9.59 Å². The molecule has 0 unspecified atom stereocenters. The number of aliphatic carboxylic acids is 1. The molecular formula is C8H11N3O3. The van der Waals surface area contributed by atoms with Crippen molar-refractivity contribution in [3.05, 3.63) is 17.5 Å². The van der Waals surface area contributed by atoms with Gasteiger partial charge in [0.15, 0.2) is 0 Å². The van der Waals surface area contributed by atoms with E-state index in [4.69, 9.17) is 5.11 Å². The maximum atomic E-state index is 11.3. The van der Waals surface area contributed by atoms with Crippen molar-refractivity contribution in [2.24, 2.45) is 0 Å². The van der Waals surface area contributed by atoms with Crippen LogP contribution < -0.4 is 5.32 Å². The molecule has 0 bridgehead atoms. The standard InChI is InChI=1S/C8H11N3O3/c1-5-3-6(2)11(10-5)8(14)9-4-7(12)13/h3H,4H2,1-2H3,(H,9,14)(H,12,13). The Morgan fingerprint density at radius 1 is 1.57 bits per heavy atom. The lowest BCUT2D eigenvalue weighted by molar-refractivity contribution is -0.135. The van der Waals surface area contributed by atoms with Gasteiger partial charge in [0.2, 0.25) is 0 Å². The van der Waals surface area contributed by atoms with E-state index in [2.05, 4.69) is 10.4 Å². The predicted octanol–water partition coefficient (Wildman–Crippen LogP) is 0.142. The van der Waals surface area contributed by atoms with Crippen LogP contribution in [-0.4, -0.2) is 33.4 Å². The zero-order valence-electron chi connectivity index (χ0n) is 7.94. The van der Waals surface area contributed by atoms with Gasteiger partial charge in [-0.3, -0.25) is 4.79 Å². The molecule has 0 aliphatic rings. The molecule has 6 heteroatoms. The minimum absolute atomic E-state index is 0.406. The molecule has 1 aromatic rings. The van der Waals surface area contributed by atoms with Crippen LogP contribution in [-0.2, 0) is 4.79 Å². The number of hydrogen-bond donors (Lipinski definition) is 2. The van der Waals surface area contributed by atoms with E-state index in [1.807, 2.05) is 0 Å². The van der Waals surface area contributed by atoms with Crippen LogP contribution in [0, 0.1) is 13.8 Å². The van der Waals surface area contributed by atoms with Gasteiger partial charge in [-0.25, -0.2) is 4.79 Å². The molecule has 0 fully saturated rings. The summed E-state index contributed by atoms with van der Waals surface area (Å²) >= 11 is 0. The number of carboxylic acid groups (broad SMARTS) is 1. The van der Waals surface area contributed by atoms with Crippen molar-refractivity contribution < 1.29 is 14.7 Å². The number of amides is 1. The number of nitrogens with zero attached hydrogens (tertiary/aromatic N) is 2. The number of nitrogens with one attached hydrogen (secondary N) is 1. The van der Waals surface area contributed by atoms with Gasteiger partial charge in [-0.1, -0.05) is 0 Å². The average molecular weight is 197 g/mol. The number of carbonyl (C=O) groups is 2. The van der Waals surface area contributed by atoms with Crippen LogP contribution in [0.1, 0.15) is 11.4 Å².